The smallest absolute Gasteiger partial charge is 0.101 e. The van der Waals surface area contributed by atoms with Gasteiger partial charge in [0.15, 0.2) is 0 Å². The van der Waals surface area contributed by atoms with Crippen LogP contribution in [-0.2, 0) is 0 Å². The number of pyridine rings is 1. The third-order valence-electron chi connectivity index (χ3n) is 1.86. The van der Waals surface area contributed by atoms with Gasteiger partial charge in [-0.1, -0.05) is 6.08 Å². The van der Waals surface area contributed by atoms with Crippen molar-refractivity contribution in [3.8, 4) is 6.07 Å². The Morgan fingerprint density at radius 1 is 1.79 bits per heavy atom. The summed E-state index contributed by atoms with van der Waals surface area (Å²) in [7, 11) is 0. The summed E-state index contributed by atoms with van der Waals surface area (Å²) < 4.78 is 0. The standard InChI is InChI=1S/C11H13N3/c1-3-4-9(2)14-11-8-13-6-5-10(11)7-12/h3,5-6,8-9,14H,1,4H2,2H3. The van der Waals surface area contributed by atoms with Crippen molar-refractivity contribution < 1.29 is 0 Å². The molecular formula is C11H13N3. The molecule has 1 aromatic heterocycles. The molecule has 0 aliphatic carbocycles. The van der Waals surface area contributed by atoms with Gasteiger partial charge in [-0.15, -0.1) is 6.58 Å². The van der Waals surface area contributed by atoms with E-state index in [-0.39, 0.29) is 6.04 Å². The van der Waals surface area contributed by atoms with E-state index >= 15 is 0 Å². The molecule has 1 rings (SSSR count). The molecule has 72 valence electrons. The first-order valence-corrected chi connectivity index (χ1v) is 4.49. The van der Waals surface area contributed by atoms with Crippen molar-refractivity contribution in [2.75, 3.05) is 5.32 Å². The maximum absolute atomic E-state index is 8.82. The lowest BCUT2D eigenvalue weighted by Crippen LogP contribution is -2.14. The molecule has 3 heteroatoms. The lowest BCUT2D eigenvalue weighted by atomic mass is 10.2. The van der Waals surface area contributed by atoms with Crippen LogP contribution in [0.15, 0.2) is 31.1 Å². The highest BCUT2D eigenvalue weighted by Crippen LogP contribution is 2.13. The number of hydrogen-bond donors (Lipinski definition) is 1. The first kappa shape index (κ1) is 10.3. The van der Waals surface area contributed by atoms with Gasteiger partial charge in [-0.2, -0.15) is 5.26 Å². The lowest BCUT2D eigenvalue weighted by Gasteiger charge is -2.13. The third-order valence-corrected chi connectivity index (χ3v) is 1.86. The van der Waals surface area contributed by atoms with E-state index < -0.39 is 0 Å². The number of aromatic nitrogens is 1. The van der Waals surface area contributed by atoms with Crippen LogP contribution in [0.3, 0.4) is 0 Å². The summed E-state index contributed by atoms with van der Waals surface area (Å²) in [5.74, 6) is 0. The zero-order valence-corrected chi connectivity index (χ0v) is 8.20. The lowest BCUT2D eigenvalue weighted by molar-refractivity contribution is 0.812. The average Bonchev–Trinajstić information content (AvgIpc) is 2.19. The van der Waals surface area contributed by atoms with Crippen LogP contribution in [0.25, 0.3) is 0 Å². The summed E-state index contributed by atoms with van der Waals surface area (Å²) in [6.07, 6.45) is 5.99. The van der Waals surface area contributed by atoms with E-state index in [1.165, 1.54) is 0 Å². The number of rotatable bonds is 4. The van der Waals surface area contributed by atoms with Gasteiger partial charge in [0.25, 0.3) is 0 Å². The van der Waals surface area contributed by atoms with Crippen molar-refractivity contribution in [2.24, 2.45) is 0 Å². The fourth-order valence-corrected chi connectivity index (χ4v) is 1.18. The van der Waals surface area contributed by atoms with Gasteiger partial charge in [0, 0.05) is 12.2 Å². The van der Waals surface area contributed by atoms with Crippen LogP contribution in [0, 0.1) is 11.3 Å². The van der Waals surface area contributed by atoms with Gasteiger partial charge in [0.2, 0.25) is 0 Å². The molecule has 0 saturated heterocycles. The number of nitrogens with one attached hydrogen (secondary N) is 1. The number of hydrogen-bond acceptors (Lipinski definition) is 3. The van der Waals surface area contributed by atoms with Gasteiger partial charge in [-0.3, -0.25) is 4.98 Å². The highest BCUT2D eigenvalue weighted by atomic mass is 14.9. The minimum atomic E-state index is 0.267. The Kier molecular flexibility index (Phi) is 3.69. The van der Waals surface area contributed by atoms with Crippen molar-refractivity contribution in [1.82, 2.24) is 4.98 Å². The molecule has 1 unspecified atom stereocenters. The highest BCUT2D eigenvalue weighted by molar-refractivity contribution is 5.55. The summed E-state index contributed by atoms with van der Waals surface area (Å²) in [6.45, 7) is 5.70. The fourth-order valence-electron chi connectivity index (χ4n) is 1.18. The SMILES string of the molecule is C=CCC(C)Nc1cnccc1C#N. The Morgan fingerprint density at radius 3 is 3.21 bits per heavy atom. The van der Waals surface area contributed by atoms with Gasteiger partial charge in [-0.25, -0.2) is 0 Å². The van der Waals surface area contributed by atoms with Crippen LogP contribution in [0.4, 0.5) is 5.69 Å². The Labute approximate surface area is 84.1 Å². The number of nitriles is 1. The fraction of sp³-hybridized carbons (Fsp3) is 0.273. The van der Waals surface area contributed by atoms with Crippen LogP contribution in [0.1, 0.15) is 18.9 Å². The quantitative estimate of drug-likeness (QED) is 0.736. The molecule has 14 heavy (non-hydrogen) atoms. The maximum atomic E-state index is 8.82. The van der Waals surface area contributed by atoms with Crippen LogP contribution in [0.5, 0.6) is 0 Å². The predicted octanol–water partition coefficient (Wildman–Crippen LogP) is 2.33. The van der Waals surface area contributed by atoms with Crippen LogP contribution in [0.2, 0.25) is 0 Å². The molecule has 0 amide bonds. The van der Waals surface area contributed by atoms with Gasteiger partial charge in [0.05, 0.1) is 17.4 Å². The summed E-state index contributed by atoms with van der Waals surface area (Å²) in [4.78, 5) is 3.97. The second-order valence-corrected chi connectivity index (χ2v) is 3.10. The van der Waals surface area contributed by atoms with Gasteiger partial charge >= 0.3 is 0 Å². The average molecular weight is 187 g/mol. The van der Waals surface area contributed by atoms with Crippen molar-refractivity contribution >= 4 is 5.69 Å². The molecular weight excluding hydrogens is 174 g/mol. The van der Waals surface area contributed by atoms with Crippen LogP contribution in [-0.4, -0.2) is 11.0 Å². The van der Waals surface area contributed by atoms with E-state index in [1.54, 1.807) is 18.5 Å². The second kappa shape index (κ2) is 5.03. The first-order chi connectivity index (χ1) is 6.77. The first-order valence-electron chi connectivity index (χ1n) is 4.49. The molecule has 0 saturated carbocycles. The maximum Gasteiger partial charge on any atom is 0.101 e. The van der Waals surface area contributed by atoms with Crippen molar-refractivity contribution in [3.63, 3.8) is 0 Å². The zero-order valence-electron chi connectivity index (χ0n) is 8.20. The van der Waals surface area contributed by atoms with Crippen LogP contribution >= 0.6 is 0 Å². The number of nitrogens with zero attached hydrogens (tertiary/aromatic N) is 2. The third kappa shape index (κ3) is 2.60. The zero-order chi connectivity index (χ0) is 10.4. The summed E-state index contributed by atoms with van der Waals surface area (Å²) >= 11 is 0. The Hall–Kier alpha value is -1.82. The molecule has 0 aromatic carbocycles. The summed E-state index contributed by atoms with van der Waals surface area (Å²) in [5, 5.41) is 12.0. The molecule has 1 heterocycles. The number of anilines is 1. The van der Waals surface area contributed by atoms with Crippen LogP contribution < -0.4 is 5.32 Å². The molecule has 3 nitrogen and oxygen atoms in total. The molecule has 1 N–H and O–H groups in total. The normalized spacial score (nSPS) is 11.4. The van der Waals surface area contributed by atoms with E-state index in [0.717, 1.165) is 12.1 Å². The molecule has 0 spiro atoms. The molecule has 0 fully saturated rings. The Balaban J connectivity index is 2.76. The molecule has 0 bridgehead atoms. The molecule has 0 radical (unpaired) electrons. The Morgan fingerprint density at radius 2 is 2.57 bits per heavy atom. The molecule has 1 atom stereocenters. The van der Waals surface area contributed by atoms with E-state index in [9.17, 15) is 0 Å². The summed E-state index contributed by atoms with van der Waals surface area (Å²) in [5.41, 5.74) is 1.40. The topological polar surface area (TPSA) is 48.7 Å². The van der Waals surface area contributed by atoms with Gasteiger partial charge < -0.3 is 5.32 Å². The molecule has 0 aliphatic rings. The largest absolute Gasteiger partial charge is 0.380 e. The summed E-state index contributed by atoms with van der Waals surface area (Å²) in [6, 6.07) is 4.08. The van der Waals surface area contributed by atoms with Gasteiger partial charge in [0.1, 0.15) is 6.07 Å². The Bertz CT molecular complexity index is 352. The van der Waals surface area contributed by atoms with E-state index in [4.69, 9.17) is 5.26 Å². The van der Waals surface area contributed by atoms with E-state index in [0.29, 0.717) is 5.56 Å². The van der Waals surface area contributed by atoms with E-state index in [2.05, 4.69) is 22.9 Å². The monoisotopic (exact) mass is 187 g/mol. The molecule has 1 aromatic rings. The predicted molar refractivity (Wildman–Crippen MR) is 56.9 cm³/mol. The minimum absolute atomic E-state index is 0.267. The van der Waals surface area contributed by atoms with Crippen molar-refractivity contribution in [1.29, 1.82) is 5.26 Å². The van der Waals surface area contributed by atoms with E-state index in [1.807, 2.05) is 13.0 Å². The second-order valence-electron chi connectivity index (χ2n) is 3.10. The van der Waals surface area contributed by atoms with Crippen molar-refractivity contribution in [2.45, 2.75) is 19.4 Å². The minimum Gasteiger partial charge on any atom is -0.380 e. The van der Waals surface area contributed by atoms with Crippen molar-refractivity contribution in [3.05, 3.63) is 36.7 Å². The highest BCUT2D eigenvalue weighted by Gasteiger charge is 2.03. The molecule has 0 aliphatic heterocycles. The van der Waals surface area contributed by atoms with Gasteiger partial charge in [-0.05, 0) is 19.4 Å².